The Hall–Kier alpha value is -2.35. The Labute approximate surface area is 144 Å². The van der Waals surface area contributed by atoms with Crippen molar-refractivity contribution in [3.05, 3.63) is 71.3 Å². The average molecular weight is 320 g/mol. The first-order valence-electron chi connectivity index (χ1n) is 8.74. The fourth-order valence-electron chi connectivity index (χ4n) is 3.11. The first-order chi connectivity index (χ1) is 11.7. The number of benzene rings is 2. The van der Waals surface area contributed by atoms with Crippen molar-refractivity contribution in [2.45, 2.75) is 39.5 Å². The molecule has 1 unspecified atom stereocenters. The number of rotatable bonds is 4. The van der Waals surface area contributed by atoms with Crippen LogP contribution in [0.2, 0.25) is 0 Å². The van der Waals surface area contributed by atoms with E-state index in [0.717, 1.165) is 17.9 Å². The highest BCUT2D eigenvalue weighted by atomic mass is 16.5. The maximum absolute atomic E-state index is 12.2. The minimum absolute atomic E-state index is 0.311. The van der Waals surface area contributed by atoms with Crippen LogP contribution in [0.25, 0.3) is 5.57 Å². The molecule has 2 nitrogen and oxygen atoms in total. The molecule has 2 aromatic carbocycles. The molecule has 1 aliphatic carbocycles. The first kappa shape index (κ1) is 16.5. The van der Waals surface area contributed by atoms with E-state index in [4.69, 9.17) is 4.74 Å². The van der Waals surface area contributed by atoms with Crippen molar-refractivity contribution in [3.8, 4) is 5.75 Å². The lowest BCUT2D eigenvalue weighted by Crippen LogP contribution is -2.08. The number of allylic oxidation sites excluding steroid dienone is 2. The van der Waals surface area contributed by atoms with Gasteiger partial charge in [-0.3, -0.25) is 0 Å². The molecule has 0 N–H and O–H groups in total. The topological polar surface area (TPSA) is 26.3 Å². The summed E-state index contributed by atoms with van der Waals surface area (Å²) in [7, 11) is 0. The molecule has 1 atom stereocenters. The summed E-state index contributed by atoms with van der Waals surface area (Å²) in [5.41, 5.74) is 4.35. The lowest BCUT2D eigenvalue weighted by atomic mass is 9.85. The highest BCUT2D eigenvalue weighted by Crippen LogP contribution is 2.31. The van der Waals surface area contributed by atoms with Gasteiger partial charge in [0.15, 0.2) is 0 Å². The monoisotopic (exact) mass is 320 g/mol. The van der Waals surface area contributed by atoms with Crippen molar-refractivity contribution >= 4 is 11.5 Å². The standard InChI is InChI=1S/C22H24O2/c1-3-17-6-8-18(9-7-17)19-10-12-20(13-11-19)22(23)24-21-14-4-16(2)5-15-21/h4-5,8,10-15,17H,3,6-7,9H2,1-2H3. The van der Waals surface area contributed by atoms with E-state index < -0.39 is 0 Å². The van der Waals surface area contributed by atoms with Crippen LogP contribution in [0.15, 0.2) is 54.6 Å². The Morgan fingerprint density at radius 2 is 1.79 bits per heavy atom. The molecule has 1 aliphatic rings. The average Bonchev–Trinajstić information content (AvgIpc) is 2.64. The van der Waals surface area contributed by atoms with Crippen LogP contribution >= 0.6 is 0 Å². The van der Waals surface area contributed by atoms with Gasteiger partial charge in [0.1, 0.15) is 5.75 Å². The predicted octanol–water partition coefficient (Wildman–Crippen LogP) is 5.81. The molecule has 3 rings (SSSR count). The maximum atomic E-state index is 12.2. The second kappa shape index (κ2) is 7.48. The van der Waals surface area contributed by atoms with E-state index in [1.54, 1.807) is 0 Å². The Morgan fingerprint density at radius 1 is 1.08 bits per heavy atom. The van der Waals surface area contributed by atoms with Gasteiger partial charge in [0.05, 0.1) is 5.56 Å². The summed E-state index contributed by atoms with van der Waals surface area (Å²) in [5.74, 6) is 1.10. The third-order valence-electron chi connectivity index (χ3n) is 4.82. The number of esters is 1. The maximum Gasteiger partial charge on any atom is 0.343 e. The van der Waals surface area contributed by atoms with Crippen LogP contribution in [0.3, 0.4) is 0 Å². The Bertz CT molecular complexity index is 724. The van der Waals surface area contributed by atoms with Crippen LogP contribution in [0.1, 0.15) is 54.1 Å². The molecule has 0 saturated carbocycles. The van der Waals surface area contributed by atoms with Crippen LogP contribution in [0.5, 0.6) is 5.75 Å². The van der Waals surface area contributed by atoms with E-state index in [1.807, 2.05) is 55.5 Å². The van der Waals surface area contributed by atoms with E-state index in [1.165, 1.54) is 30.4 Å². The molecule has 0 spiro atoms. The number of ether oxygens (including phenoxy) is 1. The molecule has 0 saturated heterocycles. The molecule has 0 amide bonds. The second-order valence-corrected chi connectivity index (χ2v) is 6.56. The van der Waals surface area contributed by atoms with E-state index in [-0.39, 0.29) is 5.97 Å². The van der Waals surface area contributed by atoms with Crippen LogP contribution in [0, 0.1) is 12.8 Å². The van der Waals surface area contributed by atoms with Crippen molar-refractivity contribution in [2.75, 3.05) is 0 Å². The molecule has 124 valence electrons. The van der Waals surface area contributed by atoms with Gasteiger partial charge in [-0.25, -0.2) is 4.79 Å². The van der Waals surface area contributed by atoms with Crippen molar-refractivity contribution in [3.63, 3.8) is 0 Å². The third-order valence-corrected chi connectivity index (χ3v) is 4.82. The number of hydrogen-bond donors (Lipinski definition) is 0. The molecule has 0 aromatic heterocycles. The van der Waals surface area contributed by atoms with Crippen molar-refractivity contribution < 1.29 is 9.53 Å². The van der Waals surface area contributed by atoms with Gasteiger partial charge < -0.3 is 4.74 Å². The van der Waals surface area contributed by atoms with Gasteiger partial charge >= 0.3 is 5.97 Å². The summed E-state index contributed by atoms with van der Waals surface area (Å²) in [6.45, 7) is 4.27. The number of hydrogen-bond acceptors (Lipinski definition) is 2. The molecule has 0 aliphatic heterocycles. The minimum Gasteiger partial charge on any atom is -0.423 e. The van der Waals surface area contributed by atoms with E-state index in [2.05, 4.69) is 13.0 Å². The Kier molecular flexibility index (Phi) is 5.14. The fraction of sp³-hybridized carbons (Fsp3) is 0.318. The summed E-state index contributed by atoms with van der Waals surface area (Å²) in [6, 6.07) is 15.3. The predicted molar refractivity (Wildman–Crippen MR) is 98.2 cm³/mol. The van der Waals surface area contributed by atoms with Crippen molar-refractivity contribution in [2.24, 2.45) is 5.92 Å². The molecule has 0 bridgehead atoms. The molecule has 24 heavy (non-hydrogen) atoms. The summed E-state index contributed by atoms with van der Waals surface area (Å²) >= 11 is 0. The van der Waals surface area contributed by atoms with Gasteiger partial charge in [-0.05, 0) is 67.5 Å². The van der Waals surface area contributed by atoms with Gasteiger partial charge in [-0.1, -0.05) is 49.2 Å². The number of carbonyl (C=O) groups excluding carboxylic acids is 1. The van der Waals surface area contributed by atoms with Gasteiger partial charge in [0.2, 0.25) is 0 Å². The summed E-state index contributed by atoms with van der Waals surface area (Å²) in [6.07, 6.45) is 7.18. The van der Waals surface area contributed by atoms with Crippen LogP contribution < -0.4 is 4.74 Å². The van der Waals surface area contributed by atoms with Gasteiger partial charge in [-0.2, -0.15) is 0 Å². The fourth-order valence-corrected chi connectivity index (χ4v) is 3.11. The SMILES string of the molecule is CCC1CC=C(c2ccc(C(=O)Oc3ccc(C)cc3)cc2)CC1. The molecular weight excluding hydrogens is 296 g/mol. The van der Waals surface area contributed by atoms with E-state index in [9.17, 15) is 4.79 Å². The molecule has 0 heterocycles. The highest BCUT2D eigenvalue weighted by Gasteiger charge is 2.14. The van der Waals surface area contributed by atoms with Crippen LogP contribution in [0.4, 0.5) is 0 Å². The summed E-state index contributed by atoms with van der Waals surface area (Å²) in [4.78, 5) is 12.2. The largest absolute Gasteiger partial charge is 0.423 e. The Balaban J connectivity index is 1.67. The number of carbonyl (C=O) groups is 1. The van der Waals surface area contributed by atoms with Crippen LogP contribution in [-0.2, 0) is 0 Å². The summed E-state index contributed by atoms with van der Waals surface area (Å²) < 4.78 is 5.42. The molecule has 0 fully saturated rings. The van der Waals surface area contributed by atoms with Crippen molar-refractivity contribution in [1.82, 2.24) is 0 Å². The molecule has 2 heteroatoms. The smallest absolute Gasteiger partial charge is 0.343 e. The molecule has 2 aromatic rings. The minimum atomic E-state index is -0.311. The van der Waals surface area contributed by atoms with Gasteiger partial charge in [0.25, 0.3) is 0 Å². The van der Waals surface area contributed by atoms with Gasteiger partial charge in [-0.15, -0.1) is 0 Å². The zero-order valence-corrected chi connectivity index (χ0v) is 14.4. The van der Waals surface area contributed by atoms with Gasteiger partial charge in [0, 0.05) is 0 Å². The second-order valence-electron chi connectivity index (χ2n) is 6.56. The quantitative estimate of drug-likeness (QED) is 0.525. The summed E-state index contributed by atoms with van der Waals surface area (Å²) in [5, 5.41) is 0. The first-order valence-corrected chi connectivity index (χ1v) is 8.74. The Morgan fingerprint density at radius 3 is 2.38 bits per heavy atom. The number of aryl methyl sites for hydroxylation is 1. The zero-order chi connectivity index (χ0) is 16.9. The molecular formula is C22H24O2. The van der Waals surface area contributed by atoms with E-state index in [0.29, 0.717) is 11.3 Å². The highest BCUT2D eigenvalue weighted by molar-refractivity contribution is 5.91. The lowest BCUT2D eigenvalue weighted by molar-refractivity contribution is 0.0734. The van der Waals surface area contributed by atoms with Crippen LogP contribution in [-0.4, -0.2) is 5.97 Å². The molecule has 0 radical (unpaired) electrons. The zero-order valence-electron chi connectivity index (χ0n) is 14.4. The normalized spacial score (nSPS) is 17.2. The lowest BCUT2D eigenvalue weighted by Gasteiger charge is -2.20. The third kappa shape index (κ3) is 3.94. The van der Waals surface area contributed by atoms with Crippen molar-refractivity contribution in [1.29, 1.82) is 0 Å². The van der Waals surface area contributed by atoms with E-state index >= 15 is 0 Å².